The summed E-state index contributed by atoms with van der Waals surface area (Å²) in [4.78, 5) is 10.3. The minimum atomic E-state index is -2.42. The Hall–Kier alpha value is -0.00792. The molecule has 136 valence electrons. The molecule has 0 aromatic heterocycles. The van der Waals surface area contributed by atoms with E-state index in [-0.39, 0.29) is 0 Å². The number of rotatable bonds is 16. The van der Waals surface area contributed by atoms with Crippen LogP contribution in [0, 0.1) is 0 Å². The van der Waals surface area contributed by atoms with Crippen LogP contribution < -0.4 is 0 Å². The Morgan fingerprint density at radius 3 is 1.17 bits per heavy atom. The van der Waals surface area contributed by atoms with Crippen molar-refractivity contribution in [3.05, 3.63) is 0 Å². The maximum absolute atomic E-state index is 10.3. The van der Waals surface area contributed by atoms with E-state index in [1.54, 1.807) is 0 Å². The van der Waals surface area contributed by atoms with Crippen molar-refractivity contribution in [1.82, 2.24) is 0 Å². The van der Waals surface area contributed by atoms with Crippen LogP contribution in [0.4, 0.5) is 0 Å². The number of carboxylic acids is 1. The molecule has 0 saturated heterocycles. The fourth-order valence-corrected chi connectivity index (χ4v) is 2.65. The molecule has 0 aliphatic rings. The van der Waals surface area contributed by atoms with E-state index in [0.717, 1.165) is 12.8 Å². The molecule has 0 saturated carbocycles. The predicted molar refractivity (Wildman–Crippen MR) is 94.3 cm³/mol. The van der Waals surface area contributed by atoms with Gasteiger partial charge in [0.2, 0.25) is 0 Å². The normalized spacial score (nSPS) is 9.78. The van der Waals surface area contributed by atoms with Gasteiger partial charge < -0.3 is 5.11 Å². The molecule has 0 aromatic carbocycles. The Balaban J connectivity index is 0. The van der Waals surface area contributed by atoms with E-state index in [4.69, 9.17) is 10.5 Å². The van der Waals surface area contributed by atoms with Crippen molar-refractivity contribution in [2.75, 3.05) is 0 Å². The van der Waals surface area contributed by atoms with Crippen molar-refractivity contribution in [3.8, 4) is 0 Å². The molecule has 0 aromatic rings. The molecule has 0 fully saturated rings. The van der Waals surface area contributed by atoms with Crippen molar-refractivity contribution in [2.24, 2.45) is 0 Å². The molecule has 0 atom stereocenters. The van der Waals surface area contributed by atoms with Crippen LogP contribution in [-0.2, 0) is 10.2 Å². The molecule has 0 rings (SSSR count). The van der Waals surface area contributed by atoms with E-state index < -0.39 is 30.2 Å². The van der Waals surface area contributed by atoms with Crippen LogP contribution in [0.25, 0.3) is 0 Å². The van der Waals surface area contributed by atoms with Gasteiger partial charge in [-0.15, -0.1) is 0 Å². The quantitative estimate of drug-likeness (QED) is 0.208. The first-order valence-corrected chi connectivity index (χ1v) is 12.6. The third-order valence-corrected chi connectivity index (χ3v) is 3.99. The van der Waals surface area contributed by atoms with E-state index in [1.807, 2.05) is 0 Å². The van der Waals surface area contributed by atoms with Gasteiger partial charge in [0.25, 0.3) is 0 Å². The maximum atomic E-state index is 10.3. The van der Waals surface area contributed by atoms with Crippen LogP contribution in [-0.4, -0.2) is 35.3 Å². The molecule has 5 heteroatoms. The molecular formula is C18H36O4Pb. The van der Waals surface area contributed by atoms with Crippen LogP contribution in [0.1, 0.15) is 110 Å². The Bertz CT molecular complexity index is 276. The molecule has 0 aliphatic carbocycles. The summed E-state index contributed by atoms with van der Waals surface area (Å²) in [6.07, 6.45) is 20.2. The van der Waals surface area contributed by atoms with Gasteiger partial charge in [-0.1, -0.05) is 96.8 Å². The summed E-state index contributed by atoms with van der Waals surface area (Å²) in [5.41, 5.74) is 0. The van der Waals surface area contributed by atoms with E-state index in [0.29, 0.717) is 6.42 Å². The zero-order valence-corrected chi connectivity index (χ0v) is 18.9. The van der Waals surface area contributed by atoms with Crippen molar-refractivity contribution in [1.29, 1.82) is 0 Å². The van der Waals surface area contributed by atoms with E-state index >= 15 is 0 Å². The summed E-state index contributed by atoms with van der Waals surface area (Å²) in [6, 6.07) is 0. The molecule has 4 nitrogen and oxygen atoms in total. The zero-order valence-electron chi connectivity index (χ0n) is 15.0. The fourth-order valence-electron chi connectivity index (χ4n) is 2.65. The molecule has 0 heterocycles. The Labute approximate surface area is 155 Å². The third-order valence-electron chi connectivity index (χ3n) is 3.99. The van der Waals surface area contributed by atoms with Gasteiger partial charge in [-0.3, -0.25) is 4.79 Å². The summed E-state index contributed by atoms with van der Waals surface area (Å²) < 4.78 is 17.1. The van der Waals surface area contributed by atoms with Crippen molar-refractivity contribution < 1.29 is 15.3 Å². The number of hydrogen-bond donors (Lipinski definition) is 1. The van der Waals surface area contributed by atoms with Crippen LogP contribution in [0.5, 0.6) is 0 Å². The molecular weight excluding hydrogens is 487 g/mol. The first-order valence-electron chi connectivity index (χ1n) is 9.40. The molecule has 0 radical (unpaired) electrons. The first-order chi connectivity index (χ1) is 11.2. The number of unbranched alkanes of at least 4 members (excludes halogenated alkanes) is 14. The monoisotopic (exact) mass is 524 g/mol. The Kier molecular flexibility index (Phi) is 26.6. The second-order valence-electron chi connectivity index (χ2n) is 6.18. The third kappa shape index (κ3) is 30.4. The van der Waals surface area contributed by atoms with Gasteiger partial charge in [-0.2, -0.15) is 0 Å². The summed E-state index contributed by atoms with van der Waals surface area (Å²) >= 11 is -2.42. The van der Waals surface area contributed by atoms with Crippen molar-refractivity contribution in [2.45, 2.75) is 110 Å². The predicted octanol–water partition coefficient (Wildman–Crippen LogP) is 5.71. The average Bonchev–Trinajstić information content (AvgIpc) is 2.51. The SMILES string of the molecule is CCCCCCCCCCCCCCCCCC(=O)O.[O]=[Pb]=[O]. The van der Waals surface area contributed by atoms with E-state index in [2.05, 4.69) is 6.92 Å². The van der Waals surface area contributed by atoms with Gasteiger partial charge in [-0.05, 0) is 6.42 Å². The second kappa shape index (κ2) is 24.2. The summed E-state index contributed by atoms with van der Waals surface area (Å²) in [5, 5.41) is 8.52. The molecule has 0 bridgehead atoms. The number of carboxylic acid groups (broad SMARTS) is 1. The zero-order chi connectivity index (χ0) is 17.6. The molecule has 0 unspecified atom stereocenters. The average molecular weight is 524 g/mol. The van der Waals surface area contributed by atoms with Crippen LogP contribution in [0.2, 0.25) is 0 Å². The standard InChI is InChI=1S/C18H36O2.2O.Pb/c1-2-3-4-5-6-7-8-9-10-11-12-13-14-15-16-17-18(19)20;;;/h2-17H2,1H3,(H,19,20);;;. The molecule has 23 heavy (non-hydrogen) atoms. The fraction of sp³-hybridized carbons (Fsp3) is 0.944. The Morgan fingerprint density at radius 2 is 0.913 bits per heavy atom. The molecule has 0 spiro atoms. The molecule has 0 amide bonds. The van der Waals surface area contributed by atoms with Crippen LogP contribution in [0.15, 0.2) is 0 Å². The molecule has 0 aliphatic heterocycles. The van der Waals surface area contributed by atoms with Gasteiger partial charge in [-0.25, -0.2) is 0 Å². The number of hydrogen-bond acceptors (Lipinski definition) is 3. The van der Waals surface area contributed by atoms with Crippen LogP contribution >= 0.6 is 0 Å². The van der Waals surface area contributed by atoms with Gasteiger partial charge in [0, 0.05) is 6.42 Å². The summed E-state index contributed by atoms with van der Waals surface area (Å²) in [5.74, 6) is -0.653. The second-order valence-corrected chi connectivity index (χ2v) is 6.82. The minimum absolute atomic E-state index is 0.345. The van der Waals surface area contributed by atoms with Crippen LogP contribution in [0.3, 0.4) is 0 Å². The number of aliphatic carboxylic acids is 1. The summed E-state index contributed by atoms with van der Waals surface area (Å²) in [6.45, 7) is 2.27. The first kappa shape index (κ1) is 25.2. The number of carbonyl (C=O) groups is 1. The van der Waals surface area contributed by atoms with Gasteiger partial charge >= 0.3 is 35.6 Å². The van der Waals surface area contributed by atoms with Gasteiger partial charge in [0.1, 0.15) is 0 Å². The van der Waals surface area contributed by atoms with Crippen molar-refractivity contribution >= 4 is 30.2 Å². The van der Waals surface area contributed by atoms with E-state index in [9.17, 15) is 4.79 Å². The summed E-state index contributed by atoms with van der Waals surface area (Å²) in [7, 11) is 0. The van der Waals surface area contributed by atoms with Gasteiger partial charge in [0.05, 0.1) is 0 Å². The molecule has 1 N–H and O–H groups in total. The van der Waals surface area contributed by atoms with E-state index in [1.165, 1.54) is 83.5 Å². The topological polar surface area (TPSA) is 71.4 Å². The van der Waals surface area contributed by atoms with Gasteiger partial charge in [0.15, 0.2) is 0 Å². The van der Waals surface area contributed by atoms with Crippen molar-refractivity contribution in [3.63, 3.8) is 0 Å². The Morgan fingerprint density at radius 1 is 0.652 bits per heavy atom.